The van der Waals surface area contributed by atoms with Crippen molar-refractivity contribution in [3.63, 3.8) is 0 Å². The quantitative estimate of drug-likeness (QED) is 0.783. The van der Waals surface area contributed by atoms with Crippen LogP contribution in [0, 0.1) is 5.92 Å². The Bertz CT molecular complexity index is 565. The average molecular weight is 246 g/mol. The first-order valence-corrected chi connectivity index (χ1v) is 6.44. The molecule has 3 rings (SSSR count). The lowest BCUT2D eigenvalue weighted by atomic mass is 9.94. The van der Waals surface area contributed by atoms with E-state index in [2.05, 4.69) is 29.1 Å². The van der Waals surface area contributed by atoms with E-state index in [1.54, 1.807) is 0 Å². The Balaban J connectivity index is 2.08. The Labute approximate surface area is 106 Å². The standard InChI is InChI=1S/C13H18N4O/c1-8-3-4-9(2)17(7-8)11-6-5-10(14)12-13(11)16-18-15-12/h5-6,8-9H,3-4,7,14H2,1-2H3. The van der Waals surface area contributed by atoms with E-state index in [0.717, 1.165) is 17.7 Å². The highest BCUT2D eigenvalue weighted by Gasteiger charge is 2.25. The number of nitrogens with zero attached hydrogens (tertiary/aromatic N) is 3. The van der Waals surface area contributed by atoms with Crippen molar-refractivity contribution in [3.8, 4) is 0 Å². The van der Waals surface area contributed by atoms with Crippen LogP contribution in [-0.2, 0) is 0 Å². The molecule has 0 bridgehead atoms. The number of hydrogen-bond acceptors (Lipinski definition) is 5. The van der Waals surface area contributed by atoms with Gasteiger partial charge in [-0.3, -0.25) is 0 Å². The first-order valence-electron chi connectivity index (χ1n) is 6.44. The Morgan fingerprint density at radius 1 is 1.22 bits per heavy atom. The second-order valence-corrected chi connectivity index (χ2v) is 5.32. The van der Waals surface area contributed by atoms with Gasteiger partial charge in [0.1, 0.15) is 0 Å². The largest absolute Gasteiger partial charge is 0.397 e. The molecule has 5 nitrogen and oxygen atoms in total. The second kappa shape index (κ2) is 4.15. The minimum Gasteiger partial charge on any atom is -0.397 e. The highest BCUT2D eigenvalue weighted by atomic mass is 16.6. The average Bonchev–Trinajstić information content (AvgIpc) is 2.83. The number of aromatic nitrogens is 2. The van der Waals surface area contributed by atoms with Gasteiger partial charge < -0.3 is 10.6 Å². The summed E-state index contributed by atoms with van der Waals surface area (Å²) in [6.07, 6.45) is 2.49. The van der Waals surface area contributed by atoms with Gasteiger partial charge in [-0.05, 0) is 48.1 Å². The molecule has 1 aliphatic heterocycles. The molecule has 0 amide bonds. The van der Waals surface area contributed by atoms with Crippen molar-refractivity contribution < 1.29 is 4.63 Å². The van der Waals surface area contributed by atoms with Gasteiger partial charge in [0.25, 0.3) is 0 Å². The van der Waals surface area contributed by atoms with Crippen molar-refractivity contribution in [2.24, 2.45) is 5.92 Å². The highest BCUT2D eigenvalue weighted by molar-refractivity contribution is 5.95. The van der Waals surface area contributed by atoms with Gasteiger partial charge in [0.15, 0.2) is 11.0 Å². The number of anilines is 2. The first kappa shape index (κ1) is 11.3. The van der Waals surface area contributed by atoms with Crippen LogP contribution in [0.25, 0.3) is 11.0 Å². The van der Waals surface area contributed by atoms with Crippen LogP contribution >= 0.6 is 0 Å². The van der Waals surface area contributed by atoms with Crippen molar-refractivity contribution in [1.82, 2.24) is 10.3 Å². The van der Waals surface area contributed by atoms with Crippen molar-refractivity contribution in [3.05, 3.63) is 12.1 Å². The Morgan fingerprint density at radius 2 is 2.00 bits per heavy atom. The van der Waals surface area contributed by atoms with E-state index in [0.29, 0.717) is 23.2 Å². The number of nitrogen functional groups attached to an aromatic ring is 1. The zero-order valence-electron chi connectivity index (χ0n) is 10.8. The van der Waals surface area contributed by atoms with Crippen LogP contribution in [0.15, 0.2) is 16.8 Å². The molecule has 5 heteroatoms. The van der Waals surface area contributed by atoms with Gasteiger partial charge in [0.05, 0.1) is 11.4 Å². The van der Waals surface area contributed by atoms with Crippen LogP contribution in [0.1, 0.15) is 26.7 Å². The fourth-order valence-corrected chi connectivity index (χ4v) is 2.73. The zero-order chi connectivity index (χ0) is 12.7. The van der Waals surface area contributed by atoms with Gasteiger partial charge in [0.2, 0.25) is 0 Å². The molecule has 1 saturated heterocycles. The van der Waals surface area contributed by atoms with E-state index in [9.17, 15) is 0 Å². The summed E-state index contributed by atoms with van der Waals surface area (Å²) in [5.74, 6) is 0.702. The Hall–Kier alpha value is -1.78. The predicted molar refractivity (Wildman–Crippen MR) is 71.4 cm³/mol. The Kier molecular flexibility index (Phi) is 2.61. The number of hydrogen-bond donors (Lipinski definition) is 1. The van der Waals surface area contributed by atoms with E-state index in [1.807, 2.05) is 12.1 Å². The van der Waals surface area contributed by atoms with Gasteiger partial charge in [-0.25, -0.2) is 4.63 Å². The monoisotopic (exact) mass is 246 g/mol. The molecule has 2 heterocycles. The van der Waals surface area contributed by atoms with Crippen molar-refractivity contribution in [2.75, 3.05) is 17.2 Å². The third-order valence-corrected chi connectivity index (χ3v) is 3.85. The number of fused-ring (bicyclic) bond motifs is 1. The Morgan fingerprint density at radius 3 is 2.83 bits per heavy atom. The van der Waals surface area contributed by atoms with Crippen LogP contribution in [-0.4, -0.2) is 22.9 Å². The summed E-state index contributed by atoms with van der Waals surface area (Å²) in [7, 11) is 0. The van der Waals surface area contributed by atoms with Gasteiger partial charge in [0, 0.05) is 12.6 Å². The number of nitrogens with two attached hydrogens (primary N) is 1. The topological polar surface area (TPSA) is 68.2 Å². The highest BCUT2D eigenvalue weighted by Crippen LogP contribution is 2.33. The molecule has 1 fully saturated rings. The molecule has 2 aromatic rings. The fourth-order valence-electron chi connectivity index (χ4n) is 2.73. The fraction of sp³-hybridized carbons (Fsp3) is 0.538. The summed E-state index contributed by atoms with van der Waals surface area (Å²) in [5.41, 5.74) is 9.02. The molecule has 0 saturated carbocycles. The molecule has 1 aromatic carbocycles. The molecule has 1 aromatic heterocycles. The van der Waals surface area contributed by atoms with Gasteiger partial charge in [-0.1, -0.05) is 6.92 Å². The van der Waals surface area contributed by atoms with Crippen LogP contribution in [0.5, 0.6) is 0 Å². The van der Waals surface area contributed by atoms with Crippen LogP contribution < -0.4 is 10.6 Å². The van der Waals surface area contributed by atoms with E-state index >= 15 is 0 Å². The summed E-state index contributed by atoms with van der Waals surface area (Å²) in [4.78, 5) is 2.39. The van der Waals surface area contributed by atoms with Crippen molar-refractivity contribution in [2.45, 2.75) is 32.7 Å². The minimum absolute atomic E-state index is 0.518. The van der Waals surface area contributed by atoms with Gasteiger partial charge in [-0.15, -0.1) is 0 Å². The van der Waals surface area contributed by atoms with E-state index in [1.165, 1.54) is 12.8 Å². The lowest BCUT2D eigenvalue weighted by Crippen LogP contribution is -2.41. The maximum absolute atomic E-state index is 5.88. The second-order valence-electron chi connectivity index (χ2n) is 5.32. The molecule has 18 heavy (non-hydrogen) atoms. The maximum Gasteiger partial charge on any atom is 0.160 e. The maximum atomic E-state index is 5.88. The van der Waals surface area contributed by atoms with E-state index in [4.69, 9.17) is 10.4 Å². The molecule has 0 radical (unpaired) electrons. The van der Waals surface area contributed by atoms with E-state index < -0.39 is 0 Å². The summed E-state index contributed by atoms with van der Waals surface area (Å²) < 4.78 is 4.83. The molecule has 2 atom stereocenters. The third-order valence-electron chi connectivity index (χ3n) is 3.85. The summed E-state index contributed by atoms with van der Waals surface area (Å²) in [5, 5.41) is 7.89. The zero-order valence-corrected chi connectivity index (χ0v) is 10.8. The smallest absolute Gasteiger partial charge is 0.160 e. The van der Waals surface area contributed by atoms with Gasteiger partial charge >= 0.3 is 0 Å². The predicted octanol–water partition coefficient (Wildman–Crippen LogP) is 2.43. The van der Waals surface area contributed by atoms with E-state index in [-0.39, 0.29) is 0 Å². The van der Waals surface area contributed by atoms with Gasteiger partial charge in [-0.2, -0.15) is 0 Å². The molecule has 96 valence electrons. The number of benzene rings is 1. The molecule has 2 N–H and O–H groups in total. The summed E-state index contributed by atoms with van der Waals surface area (Å²) in [6, 6.07) is 4.43. The summed E-state index contributed by atoms with van der Waals surface area (Å²) >= 11 is 0. The molecule has 2 unspecified atom stereocenters. The third kappa shape index (κ3) is 1.70. The minimum atomic E-state index is 0.518. The van der Waals surface area contributed by atoms with Crippen LogP contribution in [0.2, 0.25) is 0 Å². The molecular weight excluding hydrogens is 228 g/mol. The van der Waals surface area contributed by atoms with Crippen LogP contribution in [0.3, 0.4) is 0 Å². The molecular formula is C13H18N4O. The van der Waals surface area contributed by atoms with Crippen LogP contribution in [0.4, 0.5) is 11.4 Å². The lowest BCUT2D eigenvalue weighted by Gasteiger charge is -2.38. The van der Waals surface area contributed by atoms with Crippen molar-refractivity contribution >= 4 is 22.4 Å². The first-order chi connectivity index (χ1) is 8.66. The number of rotatable bonds is 1. The number of piperidine rings is 1. The molecule has 0 aliphatic carbocycles. The summed E-state index contributed by atoms with van der Waals surface area (Å²) in [6.45, 7) is 5.59. The SMILES string of the molecule is CC1CCC(C)N(c2ccc(N)c3nonc23)C1. The van der Waals surface area contributed by atoms with Crippen molar-refractivity contribution in [1.29, 1.82) is 0 Å². The molecule has 0 spiro atoms. The lowest BCUT2D eigenvalue weighted by molar-refractivity contribution is 0.315. The molecule has 1 aliphatic rings. The normalized spacial score (nSPS) is 24.7.